The molecular formula is C9H24O9Si5. The summed E-state index contributed by atoms with van der Waals surface area (Å²) in [6.07, 6.45) is 0. The summed E-state index contributed by atoms with van der Waals surface area (Å²) >= 11 is 0. The van der Waals surface area contributed by atoms with Crippen molar-refractivity contribution in [2.45, 2.75) is 46.6 Å². The molecule has 1 aliphatic rings. The molecule has 0 saturated carbocycles. The van der Waals surface area contributed by atoms with Crippen LogP contribution in [-0.2, 0) is 39.0 Å². The molecule has 0 spiro atoms. The van der Waals surface area contributed by atoms with E-state index in [0.717, 1.165) is 0 Å². The SMILES string of the molecule is CC(=O)O[Si]1(OC(C)=O)O[SiH2]O[SiH](C)O[Si](C)(C)O[Si](C)(C)O1. The molecule has 1 unspecified atom stereocenters. The van der Waals surface area contributed by atoms with Crippen LogP contribution < -0.4 is 0 Å². The molecule has 0 aromatic carbocycles. The molecule has 0 aromatic heterocycles. The molecule has 1 rings (SSSR count). The van der Waals surface area contributed by atoms with Crippen LogP contribution >= 0.6 is 0 Å². The molecule has 14 heteroatoms. The van der Waals surface area contributed by atoms with Gasteiger partial charge in [0.05, 0.1) is 0 Å². The number of hydrogen-bond donors (Lipinski definition) is 0. The summed E-state index contributed by atoms with van der Waals surface area (Å²) in [6, 6.07) is 0. The maximum absolute atomic E-state index is 11.5. The summed E-state index contributed by atoms with van der Waals surface area (Å²) < 4.78 is 39.4. The van der Waals surface area contributed by atoms with Crippen LogP contribution in [0.2, 0.25) is 32.7 Å². The number of hydrogen-bond acceptors (Lipinski definition) is 9. The summed E-state index contributed by atoms with van der Waals surface area (Å²) in [4.78, 5) is 22.9. The first kappa shape index (κ1) is 20.9. The van der Waals surface area contributed by atoms with E-state index < -0.39 is 57.4 Å². The Balaban J connectivity index is 3.15. The zero-order valence-electron chi connectivity index (χ0n) is 14.5. The highest BCUT2D eigenvalue weighted by atomic mass is 28.5. The Morgan fingerprint density at radius 2 is 1.48 bits per heavy atom. The minimum Gasteiger partial charge on any atom is -0.443 e. The van der Waals surface area contributed by atoms with Crippen molar-refractivity contribution in [3.63, 3.8) is 0 Å². The zero-order valence-corrected chi connectivity index (χ0v) is 20.0. The molecule has 134 valence electrons. The van der Waals surface area contributed by atoms with Gasteiger partial charge < -0.3 is 29.4 Å². The molecule has 23 heavy (non-hydrogen) atoms. The van der Waals surface area contributed by atoms with Gasteiger partial charge in [-0.15, -0.1) is 0 Å². The van der Waals surface area contributed by atoms with Gasteiger partial charge in [0.2, 0.25) is 0 Å². The molecule has 0 aliphatic carbocycles. The Labute approximate surface area is 143 Å². The van der Waals surface area contributed by atoms with Crippen LogP contribution in [0.1, 0.15) is 13.8 Å². The van der Waals surface area contributed by atoms with Gasteiger partial charge in [-0.3, -0.25) is 9.59 Å². The largest absolute Gasteiger partial charge is 0.806 e. The van der Waals surface area contributed by atoms with Gasteiger partial charge in [0.1, 0.15) is 0 Å². The highest BCUT2D eigenvalue weighted by Gasteiger charge is 2.59. The summed E-state index contributed by atoms with van der Waals surface area (Å²) in [5.41, 5.74) is 0. The normalized spacial score (nSPS) is 27.9. The fourth-order valence-corrected chi connectivity index (χ4v) is 19.0. The van der Waals surface area contributed by atoms with Crippen molar-refractivity contribution in [3.05, 3.63) is 0 Å². The van der Waals surface area contributed by atoms with Crippen molar-refractivity contribution >= 4 is 57.4 Å². The van der Waals surface area contributed by atoms with E-state index in [4.69, 9.17) is 29.4 Å². The number of rotatable bonds is 2. The smallest absolute Gasteiger partial charge is 0.443 e. The molecule has 0 N–H and O–H groups in total. The fourth-order valence-electron chi connectivity index (χ4n) is 2.08. The third kappa shape index (κ3) is 7.50. The lowest BCUT2D eigenvalue weighted by Crippen LogP contribution is -2.62. The highest BCUT2D eigenvalue weighted by Crippen LogP contribution is 2.25. The molecule has 0 radical (unpaired) electrons. The van der Waals surface area contributed by atoms with Gasteiger partial charge >= 0.3 is 26.2 Å². The first-order valence-corrected chi connectivity index (χ1v) is 17.6. The number of carbonyl (C=O) groups is 2. The van der Waals surface area contributed by atoms with Crippen molar-refractivity contribution in [2.24, 2.45) is 0 Å². The van der Waals surface area contributed by atoms with Crippen molar-refractivity contribution in [1.82, 2.24) is 0 Å². The van der Waals surface area contributed by atoms with Crippen LogP contribution in [0, 0.1) is 0 Å². The van der Waals surface area contributed by atoms with Crippen molar-refractivity contribution in [1.29, 1.82) is 0 Å². The molecule has 1 fully saturated rings. The van der Waals surface area contributed by atoms with E-state index in [1.807, 2.05) is 19.6 Å². The third-order valence-electron chi connectivity index (χ3n) is 2.39. The molecule has 0 bridgehead atoms. The molecule has 1 saturated heterocycles. The van der Waals surface area contributed by atoms with Gasteiger partial charge in [0.25, 0.3) is 31.2 Å². The lowest BCUT2D eigenvalue weighted by molar-refractivity contribution is -0.145. The van der Waals surface area contributed by atoms with Gasteiger partial charge in [-0.05, 0) is 32.7 Å². The van der Waals surface area contributed by atoms with Crippen LogP contribution in [0.25, 0.3) is 0 Å². The Kier molecular flexibility index (Phi) is 7.08. The first-order valence-electron chi connectivity index (χ1n) is 7.08. The molecule has 1 atom stereocenters. The molecular weight excluding hydrogens is 393 g/mol. The van der Waals surface area contributed by atoms with E-state index in [1.165, 1.54) is 13.8 Å². The molecule has 1 aliphatic heterocycles. The van der Waals surface area contributed by atoms with Crippen LogP contribution in [0.15, 0.2) is 0 Å². The minimum absolute atomic E-state index is 0.660. The van der Waals surface area contributed by atoms with Gasteiger partial charge in [0.15, 0.2) is 0 Å². The summed E-state index contributed by atoms with van der Waals surface area (Å²) in [7, 11) is -12.9. The minimum atomic E-state index is -4.01. The lowest BCUT2D eigenvalue weighted by atomic mass is 10.9. The predicted molar refractivity (Wildman–Crippen MR) is 91.2 cm³/mol. The second-order valence-electron chi connectivity index (χ2n) is 5.81. The zero-order chi connectivity index (χ0) is 17.9. The van der Waals surface area contributed by atoms with Gasteiger partial charge in [-0.25, -0.2) is 0 Å². The molecule has 0 amide bonds. The third-order valence-corrected chi connectivity index (χ3v) is 18.3. The van der Waals surface area contributed by atoms with Crippen molar-refractivity contribution < 1.29 is 39.0 Å². The van der Waals surface area contributed by atoms with E-state index in [9.17, 15) is 9.59 Å². The maximum Gasteiger partial charge on any atom is 0.806 e. The Morgan fingerprint density at radius 1 is 0.957 bits per heavy atom. The summed E-state index contributed by atoms with van der Waals surface area (Å²) in [6.45, 7) is 11.6. The van der Waals surface area contributed by atoms with Crippen LogP contribution in [0.3, 0.4) is 0 Å². The first-order chi connectivity index (χ1) is 10.3. The average molecular weight is 417 g/mol. The van der Waals surface area contributed by atoms with E-state index in [1.54, 1.807) is 13.1 Å². The standard InChI is InChI=1S/C9H24O9Si5/c1-8(10)12-23(13-9(2)11)15-19-14-20(3)16-21(4,5)17-22(6,7)18-23/h20H,19H2,1-7H3. The van der Waals surface area contributed by atoms with Gasteiger partial charge in [-0.1, -0.05) is 0 Å². The van der Waals surface area contributed by atoms with Crippen molar-refractivity contribution in [2.75, 3.05) is 0 Å². The number of carbonyl (C=O) groups excluding carboxylic acids is 2. The van der Waals surface area contributed by atoms with Crippen molar-refractivity contribution in [3.8, 4) is 0 Å². The van der Waals surface area contributed by atoms with Gasteiger partial charge in [0, 0.05) is 13.8 Å². The topological polar surface area (TPSA) is 98.8 Å². The molecule has 1 heterocycles. The Hall–Kier alpha value is -0.176. The Bertz CT molecular complexity index is 441. The second-order valence-corrected chi connectivity index (χ2v) is 19.2. The van der Waals surface area contributed by atoms with Crippen LogP contribution in [-0.4, -0.2) is 57.4 Å². The second kappa shape index (κ2) is 7.80. The van der Waals surface area contributed by atoms with E-state index in [2.05, 4.69) is 0 Å². The Morgan fingerprint density at radius 3 is 1.96 bits per heavy atom. The average Bonchev–Trinajstić information content (AvgIpc) is 2.20. The highest BCUT2D eigenvalue weighted by molar-refractivity contribution is 6.85. The predicted octanol–water partition coefficient (Wildman–Crippen LogP) is -0.103. The van der Waals surface area contributed by atoms with E-state index in [-0.39, 0.29) is 0 Å². The fraction of sp³-hybridized carbons (Fsp3) is 0.778. The van der Waals surface area contributed by atoms with E-state index >= 15 is 0 Å². The molecule has 9 nitrogen and oxygen atoms in total. The van der Waals surface area contributed by atoms with Crippen LogP contribution in [0.4, 0.5) is 0 Å². The van der Waals surface area contributed by atoms with Gasteiger partial charge in [-0.2, -0.15) is 0 Å². The summed E-state index contributed by atoms with van der Waals surface area (Å²) in [5, 5.41) is 0. The maximum atomic E-state index is 11.5. The lowest BCUT2D eigenvalue weighted by Gasteiger charge is -2.39. The van der Waals surface area contributed by atoms with Crippen LogP contribution in [0.5, 0.6) is 0 Å². The molecule has 0 aromatic rings. The summed E-state index contributed by atoms with van der Waals surface area (Å²) in [5.74, 6) is -1.32. The quantitative estimate of drug-likeness (QED) is 0.571. The monoisotopic (exact) mass is 416 g/mol. The van der Waals surface area contributed by atoms with E-state index in [0.29, 0.717) is 0 Å².